The van der Waals surface area contributed by atoms with E-state index in [0.717, 1.165) is 24.8 Å². The summed E-state index contributed by atoms with van der Waals surface area (Å²) in [6, 6.07) is 0. The Kier molecular flexibility index (Phi) is 2.75. The minimum absolute atomic E-state index is 0.146. The highest BCUT2D eigenvalue weighted by Crippen LogP contribution is 2.43. The third kappa shape index (κ3) is 1.91. The van der Waals surface area contributed by atoms with Crippen LogP contribution in [0.15, 0.2) is 18.7 Å². The molecule has 17 heavy (non-hydrogen) atoms. The zero-order chi connectivity index (χ0) is 11.9. The monoisotopic (exact) mass is 252 g/mol. The lowest BCUT2D eigenvalue weighted by atomic mass is 9.82. The highest BCUT2D eigenvalue weighted by molar-refractivity contribution is 7.86. The molecule has 2 atom stereocenters. The molecule has 4 nitrogen and oxygen atoms in total. The first-order chi connectivity index (χ1) is 8.19. The van der Waals surface area contributed by atoms with Gasteiger partial charge in [-0.05, 0) is 25.7 Å². The van der Waals surface area contributed by atoms with Gasteiger partial charge < -0.3 is 5.11 Å². The molecule has 0 spiro atoms. The molecule has 1 aromatic rings. The van der Waals surface area contributed by atoms with Gasteiger partial charge in [0.25, 0.3) is 0 Å². The number of rotatable bonds is 1. The van der Waals surface area contributed by atoms with E-state index < -0.39 is 16.4 Å². The van der Waals surface area contributed by atoms with Gasteiger partial charge in [0.1, 0.15) is 6.33 Å². The predicted octanol–water partition coefficient (Wildman–Crippen LogP) is 1.13. The van der Waals surface area contributed by atoms with Crippen molar-refractivity contribution in [2.24, 2.45) is 0 Å². The van der Waals surface area contributed by atoms with E-state index in [1.54, 1.807) is 12.4 Å². The van der Waals surface area contributed by atoms with Gasteiger partial charge >= 0.3 is 0 Å². The van der Waals surface area contributed by atoms with Gasteiger partial charge in [-0.25, -0.2) is 9.97 Å². The second kappa shape index (κ2) is 4.14. The minimum Gasteiger partial charge on any atom is -0.385 e. The summed E-state index contributed by atoms with van der Waals surface area (Å²) in [7, 11) is -0.757. The van der Waals surface area contributed by atoms with Crippen LogP contribution >= 0.6 is 0 Å². The predicted molar refractivity (Wildman–Crippen MR) is 64.7 cm³/mol. The van der Waals surface area contributed by atoms with Crippen molar-refractivity contribution in [3.05, 3.63) is 24.3 Å². The van der Waals surface area contributed by atoms with E-state index in [-0.39, 0.29) is 10.5 Å². The van der Waals surface area contributed by atoms with Crippen LogP contribution in [0.3, 0.4) is 0 Å². The summed E-state index contributed by atoms with van der Waals surface area (Å²) >= 11 is 0. The molecule has 0 amide bonds. The SMILES string of the molecule is O=S1C2CCCC1CC(O)(c1cncnc1)C2. The summed E-state index contributed by atoms with van der Waals surface area (Å²) in [6.07, 6.45) is 9.08. The normalized spacial score (nSPS) is 41.1. The van der Waals surface area contributed by atoms with Crippen molar-refractivity contribution in [1.29, 1.82) is 0 Å². The second-order valence-electron chi connectivity index (χ2n) is 5.07. The summed E-state index contributed by atoms with van der Waals surface area (Å²) in [4.78, 5) is 7.94. The molecule has 2 unspecified atom stereocenters. The maximum Gasteiger partial charge on any atom is 0.115 e. The quantitative estimate of drug-likeness (QED) is 0.813. The molecule has 1 aromatic heterocycles. The van der Waals surface area contributed by atoms with Crippen molar-refractivity contribution in [2.45, 2.75) is 48.2 Å². The van der Waals surface area contributed by atoms with Crippen molar-refractivity contribution < 1.29 is 9.32 Å². The van der Waals surface area contributed by atoms with Crippen LogP contribution in [-0.2, 0) is 16.4 Å². The van der Waals surface area contributed by atoms with Crippen molar-refractivity contribution in [3.63, 3.8) is 0 Å². The summed E-state index contributed by atoms with van der Waals surface area (Å²) in [5.41, 5.74) is -0.0983. The van der Waals surface area contributed by atoms with Crippen LogP contribution in [-0.4, -0.2) is 29.8 Å². The van der Waals surface area contributed by atoms with Crippen molar-refractivity contribution >= 4 is 10.8 Å². The van der Waals surface area contributed by atoms with Gasteiger partial charge in [-0.15, -0.1) is 0 Å². The Hall–Kier alpha value is -0.810. The molecule has 2 saturated heterocycles. The molecule has 2 bridgehead atoms. The first-order valence-corrected chi connectivity index (χ1v) is 7.34. The van der Waals surface area contributed by atoms with Crippen LogP contribution < -0.4 is 0 Å². The lowest BCUT2D eigenvalue weighted by Gasteiger charge is -2.43. The molecule has 2 aliphatic rings. The number of fused-ring (bicyclic) bond motifs is 2. The molecule has 0 aliphatic carbocycles. The average molecular weight is 252 g/mol. The molecular weight excluding hydrogens is 236 g/mol. The Balaban J connectivity index is 1.92. The van der Waals surface area contributed by atoms with E-state index in [1.807, 2.05) is 0 Å². The zero-order valence-corrected chi connectivity index (χ0v) is 10.4. The Morgan fingerprint density at radius 2 is 1.82 bits per heavy atom. The van der Waals surface area contributed by atoms with Crippen molar-refractivity contribution in [1.82, 2.24) is 9.97 Å². The van der Waals surface area contributed by atoms with Gasteiger partial charge in [-0.1, -0.05) is 6.42 Å². The van der Waals surface area contributed by atoms with Crippen molar-refractivity contribution in [3.8, 4) is 0 Å². The minimum atomic E-state index is -0.870. The lowest BCUT2D eigenvalue weighted by molar-refractivity contribution is 0.00590. The number of hydrogen-bond acceptors (Lipinski definition) is 4. The Morgan fingerprint density at radius 3 is 2.41 bits per heavy atom. The molecule has 5 heteroatoms. The van der Waals surface area contributed by atoms with Crippen LogP contribution in [0.5, 0.6) is 0 Å². The number of hydrogen-bond donors (Lipinski definition) is 1. The lowest BCUT2D eigenvalue weighted by Crippen LogP contribution is -2.47. The molecular formula is C12H16N2O2S. The summed E-state index contributed by atoms with van der Waals surface area (Å²) in [5.74, 6) is 0. The first kappa shape index (κ1) is 11.3. The van der Waals surface area contributed by atoms with E-state index in [1.165, 1.54) is 6.33 Å². The number of nitrogens with zero attached hydrogens (tertiary/aromatic N) is 2. The number of aromatic nitrogens is 2. The third-order valence-corrected chi connectivity index (χ3v) is 6.06. The second-order valence-corrected chi connectivity index (χ2v) is 7.06. The smallest absolute Gasteiger partial charge is 0.115 e. The Bertz CT molecular complexity index is 421. The maximum absolute atomic E-state index is 12.1. The molecule has 92 valence electrons. The fraction of sp³-hybridized carbons (Fsp3) is 0.667. The van der Waals surface area contributed by atoms with Gasteiger partial charge in [0.05, 0.1) is 5.60 Å². The largest absolute Gasteiger partial charge is 0.385 e. The zero-order valence-electron chi connectivity index (χ0n) is 9.58. The van der Waals surface area contributed by atoms with Crippen LogP contribution in [0.25, 0.3) is 0 Å². The van der Waals surface area contributed by atoms with Gasteiger partial charge in [-0.3, -0.25) is 4.21 Å². The number of aliphatic hydroxyl groups is 1. The van der Waals surface area contributed by atoms with Crippen LogP contribution in [0, 0.1) is 0 Å². The van der Waals surface area contributed by atoms with Gasteiger partial charge in [0.15, 0.2) is 0 Å². The van der Waals surface area contributed by atoms with E-state index in [2.05, 4.69) is 9.97 Å². The molecule has 0 saturated carbocycles. The van der Waals surface area contributed by atoms with E-state index in [0.29, 0.717) is 12.8 Å². The standard InChI is InChI=1S/C12H16N2O2S/c15-12(9-6-13-8-14-7-9)4-10-2-1-3-11(5-12)17(10)16/h6-8,10-11,15H,1-5H2. The van der Waals surface area contributed by atoms with Crippen molar-refractivity contribution in [2.75, 3.05) is 0 Å². The van der Waals surface area contributed by atoms with Gasteiger partial charge in [-0.2, -0.15) is 0 Å². The van der Waals surface area contributed by atoms with Gasteiger partial charge in [0.2, 0.25) is 0 Å². The van der Waals surface area contributed by atoms with Gasteiger partial charge in [0, 0.05) is 39.3 Å². The molecule has 3 rings (SSSR count). The topological polar surface area (TPSA) is 63.1 Å². The Labute approximate surface area is 103 Å². The molecule has 1 N–H and O–H groups in total. The van der Waals surface area contributed by atoms with Crippen LogP contribution in [0.4, 0.5) is 0 Å². The fourth-order valence-corrected chi connectivity index (χ4v) is 5.28. The molecule has 2 aliphatic heterocycles. The molecule has 0 radical (unpaired) electrons. The Morgan fingerprint density at radius 1 is 1.24 bits per heavy atom. The molecule has 3 heterocycles. The maximum atomic E-state index is 12.1. The fourth-order valence-electron chi connectivity index (χ4n) is 3.06. The van der Waals surface area contributed by atoms with Crippen LogP contribution in [0.1, 0.15) is 37.7 Å². The average Bonchev–Trinajstić information content (AvgIpc) is 2.33. The first-order valence-electron chi connectivity index (χ1n) is 6.06. The molecule has 2 fully saturated rings. The molecule has 0 aromatic carbocycles. The summed E-state index contributed by atoms with van der Waals surface area (Å²) in [5, 5.41) is 11.0. The van der Waals surface area contributed by atoms with E-state index in [9.17, 15) is 9.32 Å². The van der Waals surface area contributed by atoms with E-state index >= 15 is 0 Å². The highest BCUT2D eigenvalue weighted by Gasteiger charge is 2.46. The summed E-state index contributed by atoms with van der Waals surface area (Å²) in [6.45, 7) is 0. The summed E-state index contributed by atoms with van der Waals surface area (Å²) < 4.78 is 12.1. The third-order valence-electron chi connectivity index (χ3n) is 3.94. The highest BCUT2D eigenvalue weighted by atomic mass is 32.2. The van der Waals surface area contributed by atoms with E-state index in [4.69, 9.17) is 0 Å². The van der Waals surface area contributed by atoms with Crippen LogP contribution in [0.2, 0.25) is 0 Å².